The number of hydrogen-bond acceptors (Lipinski definition) is 5. The second-order valence-corrected chi connectivity index (χ2v) is 8.06. The van der Waals surface area contributed by atoms with Crippen molar-refractivity contribution in [3.05, 3.63) is 76.2 Å². The summed E-state index contributed by atoms with van der Waals surface area (Å²) in [4.78, 5) is 40.1. The lowest BCUT2D eigenvalue weighted by Crippen LogP contribution is -2.36. The van der Waals surface area contributed by atoms with Gasteiger partial charge in [-0.05, 0) is 47.7 Å². The summed E-state index contributed by atoms with van der Waals surface area (Å²) in [7, 11) is 3.94. The average Bonchev–Trinajstić information content (AvgIpc) is 2.97. The fourth-order valence-corrected chi connectivity index (χ4v) is 3.65. The fraction of sp³-hybridized carbons (Fsp3) is 0.136. The molecule has 6 nitrogen and oxygen atoms in total. The topological polar surface area (TPSA) is 69.7 Å². The normalized spacial score (nSPS) is 15.3. The van der Waals surface area contributed by atoms with Crippen LogP contribution in [0.1, 0.15) is 5.56 Å². The van der Waals surface area contributed by atoms with Crippen LogP contribution in [0.4, 0.5) is 16.2 Å². The van der Waals surface area contributed by atoms with Gasteiger partial charge in [0.05, 0.1) is 15.6 Å². The Morgan fingerprint density at radius 2 is 1.83 bits per heavy atom. The number of anilines is 2. The number of rotatable bonds is 6. The molecule has 0 bridgehead atoms. The maximum absolute atomic E-state index is 12.5. The van der Waals surface area contributed by atoms with Gasteiger partial charge >= 0.3 is 0 Å². The van der Waals surface area contributed by atoms with E-state index in [0.717, 1.165) is 27.9 Å². The molecular formula is C22H20ClN3O3S. The van der Waals surface area contributed by atoms with Crippen molar-refractivity contribution in [3.63, 3.8) is 0 Å². The van der Waals surface area contributed by atoms with Gasteiger partial charge < -0.3 is 10.2 Å². The molecule has 0 atom stereocenters. The highest BCUT2D eigenvalue weighted by molar-refractivity contribution is 8.18. The maximum atomic E-state index is 12.5. The van der Waals surface area contributed by atoms with E-state index in [-0.39, 0.29) is 11.4 Å². The van der Waals surface area contributed by atoms with E-state index in [1.54, 1.807) is 36.4 Å². The quantitative estimate of drug-likeness (QED) is 0.661. The second-order valence-electron chi connectivity index (χ2n) is 6.66. The number of carbonyl (C=O) groups is 3. The number of hydrogen-bond donors (Lipinski definition) is 1. The van der Waals surface area contributed by atoms with E-state index < -0.39 is 17.1 Å². The van der Waals surface area contributed by atoms with Gasteiger partial charge in [-0.3, -0.25) is 19.3 Å². The molecule has 2 aromatic rings. The third-order valence-electron chi connectivity index (χ3n) is 4.27. The predicted molar refractivity (Wildman–Crippen MR) is 123 cm³/mol. The molecule has 1 fully saturated rings. The molecule has 2 aromatic carbocycles. The molecule has 1 aliphatic heterocycles. The minimum absolute atomic E-state index is 0.270. The molecular weight excluding hydrogens is 422 g/mol. The van der Waals surface area contributed by atoms with E-state index in [9.17, 15) is 14.4 Å². The van der Waals surface area contributed by atoms with Crippen LogP contribution in [-0.2, 0) is 9.59 Å². The van der Waals surface area contributed by atoms with E-state index in [2.05, 4.69) is 5.32 Å². The van der Waals surface area contributed by atoms with E-state index in [4.69, 9.17) is 11.6 Å². The number of para-hydroxylation sites is 1. The van der Waals surface area contributed by atoms with Gasteiger partial charge in [0.2, 0.25) is 5.91 Å². The van der Waals surface area contributed by atoms with Crippen LogP contribution in [0.25, 0.3) is 6.08 Å². The number of halogens is 1. The van der Waals surface area contributed by atoms with Gasteiger partial charge in [-0.1, -0.05) is 48.0 Å². The van der Waals surface area contributed by atoms with E-state index in [0.29, 0.717) is 10.7 Å². The van der Waals surface area contributed by atoms with Crippen molar-refractivity contribution in [2.75, 3.05) is 30.9 Å². The van der Waals surface area contributed by atoms with Crippen molar-refractivity contribution < 1.29 is 14.4 Å². The molecule has 1 heterocycles. The summed E-state index contributed by atoms with van der Waals surface area (Å²) >= 11 is 6.82. The zero-order valence-electron chi connectivity index (χ0n) is 16.5. The predicted octanol–water partition coefficient (Wildman–Crippen LogP) is 4.64. The lowest BCUT2D eigenvalue weighted by molar-refractivity contribution is -0.127. The summed E-state index contributed by atoms with van der Waals surface area (Å²) in [5, 5.41) is 2.50. The minimum atomic E-state index is -0.497. The molecule has 0 saturated carbocycles. The summed E-state index contributed by atoms with van der Waals surface area (Å²) in [6.07, 6.45) is 5.14. The highest BCUT2D eigenvalue weighted by atomic mass is 35.5. The number of carbonyl (C=O) groups excluding carboxylic acids is 3. The van der Waals surface area contributed by atoms with Crippen LogP contribution in [0.3, 0.4) is 0 Å². The Hall–Kier alpha value is -3.03. The van der Waals surface area contributed by atoms with Crippen LogP contribution in [0.15, 0.2) is 65.6 Å². The van der Waals surface area contributed by atoms with Gasteiger partial charge in [-0.2, -0.15) is 0 Å². The fourth-order valence-electron chi connectivity index (χ4n) is 2.68. The summed E-state index contributed by atoms with van der Waals surface area (Å²) in [6.45, 7) is -0.372. The summed E-state index contributed by atoms with van der Waals surface area (Å²) in [6, 6.07) is 14.7. The van der Waals surface area contributed by atoms with Gasteiger partial charge in [-0.25, -0.2) is 0 Å². The number of allylic oxidation sites excluding steroid dienone is 2. The lowest BCUT2D eigenvalue weighted by Gasteiger charge is -2.13. The van der Waals surface area contributed by atoms with Crippen LogP contribution < -0.4 is 10.2 Å². The third kappa shape index (κ3) is 5.31. The number of nitrogens with one attached hydrogen (secondary N) is 1. The summed E-state index contributed by atoms with van der Waals surface area (Å²) in [5.74, 6) is -0.991. The molecule has 3 rings (SSSR count). The highest BCUT2D eigenvalue weighted by Gasteiger charge is 2.36. The first kappa shape index (κ1) is 21.7. The van der Waals surface area contributed by atoms with Crippen molar-refractivity contribution in [3.8, 4) is 0 Å². The van der Waals surface area contributed by atoms with Gasteiger partial charge in [0, 0.05) is 19.8 Å². The van der Waals surface area contributed by atoms with Crippen LogP contribution in [0, 0.1) is 0 Å². The molecule has 30 heavy (non-hydrogen) atoms. The number of benzene rings is 2. The molecule has 0 radical (unpaired) electrons. The molecule has 0 unspecified atom stereocenters. The number of thioether (sulfide) groups is 1. The van der Waals surface area contributed by atoms with Gasteiger partial charge in [0.25, 0.3) is 11.1 Å². The second kappa shape index (κ2) is 9.65. The first-order valence-electron chi connectivity index (χ1n) is 9.09. The van der Waals surface area contributed by atoms with Crippen LogP contribution in [0.2, 0.25) is 5.02 Å². The van der Waals surface area contributed by atoms with E-state index in [1.165, 1.54) is 0 Å². The highest BCUT2D eigenvalue weighted by Crippen LogP contribution is 2.30. The molecule has 0 aromatic heterocycles. The summed E-state index contributed by atoms with van der Waals surface area (Å²) in [5.41, 5.74) is 2.48. The lowest BCUT2D eigenvalue weighted by atomic mass is 10.2. The SMILES string of the molecule is CN(C)c1ccc(/C=C/C=C2/SC(=O)N(CC(=O)Nc3ccccc3Cl)C2=O)cc1. The molecule has 0 aliphatic carbocycles. The smallest absolute Gasteiger partial charge is 0.294 e. The van der Waals surface area contributed by atoms with E-state index >= 15 is 0 Å². The molecule has 3 amide bonds. The molecule has 1 N–H and O–H groups in total. The van der Waals surface area contributed by atoms with Crippen LogP contribution in [0.5, 0.6) is 0 Å². The monoisotopic (exact) mass is 441 g/mol. The van der Waals surface area contributed by atoms with Crippen molar-refractivity contribution in [2.24, 2.45) is 0 Å². The Morgan fingerprint density at radius 3 is 2.50 bits per heavy atom. The Morgan fingerprint density at radius 1 is 1.13 bits per heavy atom. The molecule has 154 valence electrons. The van der Waals surface area contributed by atoms with Crippen LogP contribution >= 0.6 is 23.4 Å². The molecule has 1 saturated heterocycles. The first-order chi connectivity index (χ1) is 14.3. The van der Waals surface area contributed by atoms with Gasteiger partial charge in [0.15, 0.2) is 0 Å². The van der Waals surface area contributed by atoms with Gasteiger partial charge in [0.1, 0.15) is 6.54 Å². The molecule has 0 spiro atoms. The standard InChI is InChI=1S/C22H20ClN3O3S/c1-25(2)16-12-10-15(11-13-16)6-5-9-19-21(28)26(22(29)30-19)14-20(27)24-18-8-4-3-7-17(18)23/h3-13H,14H2,1-2H3,(H,24,27)/b6-5+,19-9+. The van der Waals surface area contributed by atoms with Crippen molar-refractivity contribution in [2.45, 2.75) is 0 Å². The summed E-state index contributed by atoms with van der Waals surface area (Å²) < 4.78 is 0. The Labute approximate surface area is 184 Å². The largest absolute Gasteiger partial charge is 0.378 e. The third-order valence-corrected chi connectivity index (χ3v) is 5.52. The van der Waals surface area contributed by atoms with Crippen LogP contribution in [-0.4, -0.2) is 42.6 Å². The van der Waals surface area contributed by atoms with Crippen molar-refractivity contribution in [1.82, 2.24) is 4.90 Å². The molecule has 1 aliphatic rings. The minimum Gasteiger partial charge on any atom is -0.378 e. The average molecular weight is 442 g/mol. The Balaban J connectivity index is 1.62. The van der Waals surface area contributed by atoms with E-state index in [1.807, 2.05) is 49.3 Å². The zero-order valence-corrected chi connectivity index (χ0v) is 18.0. The first-order valence-corrected chi connectivity index (χ1v) is 10.3. The number of imide groups is 1. The Kier molecular flexibility index (Phi) is 6.97. The molecule has 8 heteroatoms. The number of amides is 3. The Bertz CT molecular complexity index is 1030. The maximum Gasteiger partial charge on any atom is 0.294 e. The van der Waals surface area contributed by atoms with Crippen molar-refractivity contribution >= 4 is 57.9 Å². The zero-order chi connectivity index (χ0) is 21.7. The van der Waals surface area contributed by atoms with Gasteiger partial charge in [-0.15, -0.1) is 0 Å². The van der Waals surface area contributed by atoms with Crippen molar-refractivity contribution in [1.29, 1.82) is 0 Å². The number of nitrogens with zero attached hydrogens (tertiary/aromatic N) is 2.